The Bertz CT molecular complexity index is 1190. The molecule has 2 aromatic heterocycles. The van der Waals surface area contributed by atoms with Crippen LogP contribution in [-0.4, -0.2) is 70.7 Å². The van der Waals surface area contributed by atoms with Crippen LogP contribution in [0.25, 0.3) is 5.78 Å². The Kier molecular flexibility index (Phi) is 6.12. The summed E-state index contributed by atoms with van der Waals surface area (Å²) < 4.78 is 30.5. The highest BCUT2D eigenvalue weighted by Crippen LogP contribution is 2.22. The van der Waals surface area contributed by atoms with Gasteiger partial charge < -0.3 is 19.3 Å². The third-order valence-corrected chi connectivity index (χ3v) is 6.03. The summed E-state index contributed by atoms with van der Waals surface area (Å²) in [6, 6.07) is 0. The summed E-state index contributed by atoms with van der Waals surface area (Å²) >= 11 is 0. The van der Waals surface area contributed by atoms with Crippen molar-refractivity contribution in [2.24, 2.45) is 11.8 Å². The molecule has 1 aliphatic heterocycles. The van der Waals surface area contributed by atoms with Gasteiger partial charge in [-0.05, 0) is 18.3 Å². The SMILES string of the molecule is COC(=O)c1nc2n(CC(=O)N3CC(C)CC(C)C3)cc(CS(C)(=O)=O)n2c(=O)c1O. The van der Waals surface area contributed by atoms with E-state index < -0.39 is 38.6 Å². The molecule has 12 heteroatoms. The minimum absolute atomic E-state index is 0.0231. The maximum absolute atomic E-state index is 13.0. The van der Waals surface area contributed by atoms with E-state index in [4.69, 9.17) is 0 Å². The number of aromatic hydroxyl groups is 1. The van der Waals surface area contributed by atoms with Crippen LogP contribution in [0.4, 0.5) is 0 Å². The van der Waals surface area contributed by atoms with Gasteiger partial charge in [-0.1, -0.05) is 13.8 Å². The highest BCUT2D eigenvalue weighted by molar-refractivity contribution is 7.89. The van der Waals surface area contributed by atoms with E-state index in [2.05, 4.69) is 23.6 Å². The number of imidazole rings is 1. The number of carbonyl (C=O) groups is 2. The van der Waals surface area contributed by atoms with Crippen LogP contribution in [0, 0.1) is 11.8 Å². The molecule has 1 saturated heterocycles. The van der Waals surface area contributed by atoms with Crippen molar-refractivity contribution in [3.05, 3.63) is 27.9 Å². The molecule has 170 valence electrons. The van der Waals surface area contributed by atoms with Crippen LogP contribution in [0.15, 0.2) is 11.0 Å². The molecule has 1 aliphatic rings. The first-order valence-corrected chi connectivity index (χ1v) is 11.8. The fourth-order valence-electron chi connectivity index (χ4n) is 4.09. The summed E-state index contributed by atoms with van der Waals surface area (Å²) in [6.07, 6.45) is 3.35. The normalized spacial score (nSPS) is 19.5. The Hall–Kier alpha value is -2.89. The molecule has 0 spiro atoms. The predicted molar refractivity (Wildman–Crippen MR) is 111 cm³/mol. The largest absolute Gasteiger partial charge is 0.501 e. The Morgan fingerprint density at radius 3 is 2.42 bits per heavy atom. The molecule has 3 heterocycles. The second kappa shape index (κ2) is 8.33. The summed E-state index contributed by atoms with van der Waals surface area (Å²) in [5, 5.41) is 10.1. The first kappa shape index (κ1) is 22.8. The standard InChI is InChI=1S/C19H26N4O7S/c1-11-5-12(2)7-21(6-11)14(24)9-22-8-13(10-31(4,28)29)23-17(26)16(25)15(18(27)30-3)20-19(22)23/h8,11-12,25H,5-7,9-10H2,1-4H3. The highest BCUT2D eigenvalue weighted by Gasteiger charge is 2.28. The number of esters is 1. The third-order valence-electron chi connectivity index (χ3n) is 5.21. The van der Waals surface area contributed by atoms with E-state index in [1.54, 1.807) is 4.90 Å². The van der Waals surface area contributed by atoms with Gasteiger partial charge in [0.15, 0.2) is 15.5 Å². The smallest absolute Gasteiger partial charge is 0.360 e. The van der Waals surface area contributed by atoms with Crippen LogP contribution in [0.2, 0.25) is 0 Å². The van der Waals surface area contributed by atoms with E-state index in [0.29, 0.717) is 24.9 Å². The van der Waals surface area contributed by atoms with Crippen LogP contribution < -0.4 is 5.56 Å². The lowest BCUT2D eigenvalue weighted by Crippen LogP contribution is -2.44. The number of nitrogens with zero attached hydrogens (tertiary/aromatic N) is 4. The number of likely N-dealkylation sites (tertiary alicyclic amines) is 1. The lowest BCUT2D eigenvalue weighted by atomic mass is 9.92. The number of carbonyl (C=O) groups excluding carboxylic acids is 2. The van der Waals surface area contributed by atoms with Gasteiger partial charge in [-0.25, -0.2) is 22.6 Å². The molecule has 0 saturated carbocycles. The minimum atomic E-state index is -3.55. The molecule has 0 bridgehead atoms. The van der Waals surface area contributed by atoms with Crippen molar-refractivity contribution in [1.29, 1.82) is 0 Å². The maximum Gasteiger partial charge on any atom is 0.360 e. The van der Waals surface area contributed by atoms with Crippen LogP contribution in [0.3, 0.4) is 0 Å². The van der Waals surface area contributed by atoms with Crippen LogP contribution in [0.5, 0.6) is 5.75 Å². The molecule has 0 aromatic carbocycles. The van der Waals surface area contributed by atoms with Gasteiger partial charge in [0.25, 0.3) is 0 Å². The van der Waals surface area contributed by atoms with Crippen molar-refractivity contribution >= 4 is 27.5 Å². The summed E-state index contributed by atoms with van der Waals surface area (Å²) in [5.41, 5.74) is -1.60. The van der Waals surface area contributed by atoms with Crippen molar-refractivity contribution in [3.8, 4) is 5.75 Å². The molecule has 3 rings (SSSR count). The van der Waals surface area contributed by atoms with E-state index in [-0.39, 0.29) is 23.9 Å². The number of sulfone groups is 1. The van der Waals surface area contributed by atoms with E-state index in [1.165, 1.54) is 10.8 Å². The Labute approximate surface area is 179 Å². The quantitative estimate of drug-likeness (QED) is 0.625. The van der Waals surface area contributed by atoms with Gasteiger partial charge >= 0.3 is 11.5 Å². The first-order chi connectivity index (χ1) is 14.4. The average molecular weight is 455 g/mol. The Morgan fingerprint density at radius 2 is 1.87 bits per heavy atom. The molecule has 0 radical (unpaired) electrons. The molecule has 1 fully saturated rings. The van der Waals surface area contributed by atoms with Crippen molar-refractivity contribution in [1.82, 2.24) is 18.9 Å². The topological polar surface area (TPSA) is 140 Å². The number of aromatic nitrogens is 3. The summed E-state index contributed by atoms with van der Waals surface area (Å²) in [4.78, 5) is 43.4. The second-order valence-electron chi connectivity index (χ2n) is 8.30. The van der Waals surface area contributed by atoms with Gasteiger partial charge in [0.1, 0.15) is 6.54 Å². The number of fused-ring (bicyclic) bond motifs is 1. The minimum Gasteiger partial charge on any atom is -0.501 e. The second-order valence-corrected chi connectivity index (χ2v) is 10.4. The monoisotopic (exact) mass is 454 g/mol. The molecule has 1 amide bonds. The molecular formula is C19H26N4O7S. The first-order valence-electron chi connectivity index (χ1n) is 9.78. The van der Waals surface area contributed by atoms with Crippen LogP contribution >= 0.6 is 0 Å². The van der Waals surface area contributed by atoms with Crippen molar-refractivity contribution < 1.29 is 27.9 Å². The molecule has 0 aliphatic carbocycles. The van der Waals surface area contributed by atoms with Gasteiger partial charge in [0.05, 0.1) is 18.6 Å². The van der Waals surface area contributed by atoms with Crippen molar-refractivity contribution in [2.45, 2.75) is 32.6 Å². The van der Waals surface area contributed by atoms with E-state index in [9.17, 15) is 27.9 Å². The number of piperidine rings is 1. The number of methoxy groups -OCH3 is 1. The Balaban J connectivity index is 2.11. The Morgan fingerprint density at radius 1 is 1.26 bits per heavy atom. The van der Waals surface area contributed by atoms with Crippen molar-refractivity contribution in [2.75, 3.05) is 26.5 Å². The third kappa shape index (κ3) is 4.73. The number of hydrogen-bond acceptors (Lipinski definition) is 8. The van der Waals surface area contributed by atoms with Crippen LogP contribution in [0.1, 0.15) is 36.5 Å². The molecular weight excluding hydrogens is 428 g/mol. The van der Waals surface area contributed by atoms with Gasteiger partial charge in [0, 0.05) is 25.5 Å². The van der Waals surface area contributed by atoms with E-state index >= 15 is 0 Å². The molecule has 1 N–H and O–H groups in total. The number of amides is 1. The predicted octanol–water partition coefficient (Wildman–Crippen LogP) is 0.0373. The number of rotatable bonds is 5. The zero-order chi connectivity index (χ0) is 23.1. The summed E-state index contributed by atoms with van der Waals surface area (Å²) in [5.74, 6) is -2.16. The zero-order valence-electron chi connectivity index (χ0n) is 17.9. The molecule has 31 heavy (non-hydrogen) atoms. The van der Waals surface area contributed by atoms with Crippen LogP contribution in [-0.2, 0) is 31.7 Å². The van der Waals surface area contributed by atoms with Gasteiger partial charge in [-0.2, -0.15) is 0 Å². The summed E-state index contributed by atoms with van der Waals surface area (Å²) in [6.45, 7) is 5.13. The maximum atomic E-state index is 13.0. The number of hydrogen-bond donors (Lipinski definition) is 1. The summed E-state index contributed by atoms with van der Waals surface area (Å²) in [7, 11) is -2.48. The average Bonchev–Trinajstić information content (AvgIpc) is 2.98. The zero-order valence-corrected chi connectivity index (χ0v) is 18.7. The lowest BCUT2D eigenvalue weighted by molar-refractivity contribution is -0.134. The van der Waals surface area contributed by atoms with Gasteiger partial charge in [-0.3, -0.25) is 9.59 Å². The number of ether oxygens (including phenoxy) is 1. The highest BCUT2D eigenvalue weighted by atomic mass is 32.2. The fourth-order valence-corrected chi connectivity index (χ4v) is 4.83. The van der Waals surface area contributed by atoms with Crippen molar-refractivity contribution in [3.63, 3.8) is 0 Å². The van der Waals surface area contributed by atoms with Gasteiger partial charge in [-0.15, -0.1) is 0 Å². The molecule has 2 atom stereocenters. The van der Waals surface area contributed by atoms with Gasteiger partial charge in [0.2, 0.25) is 17.4 Å². The molecule has 2 unspecified atom stereocenters. The fraction of sp³-hybridized carbons (Fsp3) is 0.579. The van der Waals surface area contributed by atoms with E-state index in [1.807, 2.05) is 0 Å². The van der Waals surface area contributed by atoms with E-state index in [0.717, 1.165) is 24.2 Å². The lowest BCUT2D eigenvalue weighted by Gasteiger charge is -2.35. The molecule has 11 nitrogen and oxygen atoms in total. The molecule has 2 aromatic rings.